The molecule has 0 aromatic heterocycles. The molecule has 2 heteroatoms. The first-order valence-electron chi connectivity index (χ1n) is 16.3. The molecule has 0 aliphatic rings. The summed E-state index contributed by atoms with van der Waals surface area (Å²) in [6, 6.07) is 71.6. The predicted octanol–water partition coefficient (Wildman–Crippen LogP) is 9.68. The van der Waals surface area contributed by atoms with Gasteiger partial charge in [0.15, 0.2) is 0 Å². The van der Waals surface area contributed by atoms with Gasteiger partial charge in [0.2, 0.25) is 0 Å². The highest BCUT2D eigenvalue weighted by Crippen LogP contribution is 2.59. The second-order valence-electron chi connectivity index (χ2n) is 12.0. The molecule has 1 nitrogen and oxygen atoms in total. The van der Waals surface area contributed by atoms with Gasteiger partial charge in [0.1, 0.15) is 28.5 Å². The monoisotopic (exact) mass is 632 g/mol. The summed E-state index contributed by atoms with van der Waals surface area (Å²) in [5.74, 6) is 0.0718. The highest BCUT2D eigenvalue weighted by Gasteiger charge is 2.51. The highest BCUT2D eigenvalue weighted by atomic mass is 31.2. The molecule has 0 saturated carbocycles. The van der Waals surface area contributed by atoms with Crippen molar-refractivity contribution in [3.05, 3.63) is 200 Å². The van der Waals surface area contributed by atoms with Gasteiger partial charge < -0.3 is 5.11 Å². The van der Waals surface area contributed by atoms with Crippen molar-refractivity contribution in [3.63, 3.8) is 0 Å². The van der Waals surface area contributed by atoms with Crippen LogP contribution in [-0.2, 0) is 0 Å². The van der Waals surface area contributed by atoms with Gasteiger partial charge in [0.25, 0.3) is 0 Å². The SMILES string of the molecule is [O-]c1ccccc1.c1ccc2c([P+](c3cccc4ccccc34)(c3cccc4ccccc34)c3cccc4ccccc34)cccc2c1. The van der Waals surface area contributed by atoms with Crippen molar-refractivity contribution in [2.75, 3.05) is 0 Å². The van der Waals surface area contributed by atoms with E-state index in [0.29, 0.717) is 0 Å². The molecule has 0 heterocycles. The molecule has 0 aliphatic heterocycles. The largest absolute Gasteiger partial charge is 0.872 e. The van der Waals surface area contributed by atoms with Gasteiger partial charge in [-0.05, 0) is 45.8 Å². The zero-order valence-electron chi connectivity index (χ0n) is 26.4. The minimum atomic E-state index is -2.49. The number of para-hydroxylation sites is 1. The molecule has 0 aliphatic carbocycles. The first kappa shape index (κ1) is 29.6. The minimum Gasteiger partial charge on any atom is -0.872 e. The van der Waals surface area contributed by atoms with Gasteiger partial charge in [-0.2, -0.15) is 0 Å². The number of hydrogen-bond donors (Lipinski definition) is 0. The predicted molar refractivity (Wildman–Crippen MR) is 207 cm³/mol. The number of fused-ring (bicyclic) bond motifs is 4. The van der Waals surface area contributed by atoms with E-state index in [4.69, 9.17) is 0 Å². The molecule has 0 spiro atoms. The average molecular weight is 633 g/mol. The molecular formula is C46H33OP. The maximum atomic E-state index is 10.3. The number of hydrogen-bond acceptors (Lipinski definition) is 1. The third-order valence-corrected chi connectivity index (χ3v) is 13.7. The van der Waals surface area contributed by atoms with Gasteiger partial charge in [0, 0.05) is 21.5 Å². The van der Waals surface area contributed by atoms with E-state index < -0.39 is 7.26 Å². The Morgan fingerprint density at radius 2 is 0.500 bits per heavy atom. The van der Waals surface area contributed by atoms with Crippen molar-refractivity contribution in [1.82, 2.24) is 0 Å². The molecule has 0 bridgehead atoms. The Morgan fingerprint density at radius 3 is 0.771 bits per heavy atom. The van der Waals surface area contributed by atoms with Crippen LogP contribution in [0.5, 0.6) is 5.75 Å². The molecule has 9 rings (SSSR count). The smallest absolute Gasteiger partial charge is 0.146 e. The van der Waals surface area contributed by atoms with Crippen LogP contribution in [0.3, 0.4) is 0 Å². The molecular weight excluding hydrogens is 599 g/mol. The van der Waals surface area contributed by atoms with E-state index in [9.17, 15) is 5.11 Å². The second-order valence-corrected chi connectivity index (χ2v) is 15.2. The fourth-order valence-electron chi connectivity index (χ4n) is 7.20. The molecule has 0 N–H and O–H groups in total. The summed E-state index contributed by atoms with van der Waals surface area (Å²) in [6.45, 7) is 0. The molecule has 0 fully saturated rings. The van der Waals surface area contributed by atoms with Gasteiger partial charge in [0.05, 0.1) is 0 Å². The Balaban J connectivity index is 0.000000429. The van der Waals surface area contributed by atoms with Crippen molar-refractivity contribution < 1.29 is 5.11 Å². The van der Waals surface area contributed by atoms with Crippen molar-refractivity contribution in [2.45, 2.75) is 0 Å². The molecule has 0 amide bonds. The molecule has 0 radical (unpaired) electrons. The van der Waals surface area contributed by atoms with Crippen LogP contribution in [0.25, 0.3) is 43.1 Å². The van der Waals surface area contributed by atoms with Gasteiger partial charge >= 0.3 is 0 Å². The van der Waals surface area contributed by atoms with E-state index in [1.807, 2.05) is 6.07 Å². The fraction of sp³-hybridized carbons (Fsp3) is 0. The standard InChI is InChI=1S/C40H28P.C6H6O/c1-5-21-33-29(13-1)17-9-25-37(33)41(38-26-10-18-30-14-2-6-22-34(30)38,39-27-11-19-31-15-3-7-23-35(31)39)40-28-12-20-32-16-4-8-24-36(32)40;7-6-4-2-1-3-5-6/h1-28H;1-5,7H/q+1;/p-1. The summed E-state index contributed by atoms with van der Waals surface area (Å²) in [6.07, 6.45) is 0. The lowest BCUT2D eigenvalue weighted by Crippen LogP contribution is -2.40. The normalized spacial score (nSPS) is 11.4. The van der Waals surface area contributed by atoms with Crippen LogP contribution in [0.15, 0.2) is 200 Å². The summed E-state index contributed by atoms with van der Waals surface area (Å²) in [5, 5.41) is 26.2. The Labute approximate surface area is 281 Å². The Bertz CT molecular complexity index is 2190. The third-order valence-electron chi connectivity index (χ3n) is 9.26. The van der Waals surface area contributed by atoms with Crippen molar-refractivity contribution in [3.8, 4) is 5.75 Å². The van der Waals surface area contributed by atoms with Gasteiger partial charge in [-0.3, -0.25) is 0 Å². The Kier molecular flexibility index (Phi) is 7.90. The van der Waals surface area contributed by atoms with E-state index in [1.165, 1.54) is 76.4 Å². The van der Waals surface area contributed by atoms with E-state index >= 15 is 0 Å². The van der Waals surface area contributed by atoms with Crippen LogP contribution in [0, 0.1) is 0 Å². The molecule has 0 atom stereocenters. The summed E-state index contributed by atoms with van der Waals surface area (Å²) in [7, 11) is -2.49. The van der Waals surface area contributed by atoms with Crippen molar-refractivity contribution >= 4 is 71.6 Å². The molecule has 0 unspecified atom stereocenters. The summed E-state index contributed by atoms with van der Waals surface area (Å²) in [4.78, 5) is 0. The summed E-state index contributed by atoms with van der Waals surface area (Å²) >= 11 is 0. The molecule has 48 heavy (non-hydrogen) atoms. The van der Waals surface area contributed by atoms with Crippen LogP contribution in [0.2, 0.25) is 0 Å². The number of rotatable bonds is 4. The van der Waals surface area contributed by atoms with Crippen LogP contribution >= 0.6 is 7.26 Å². The lowest BCUT2D eigenvalue weighted by Gasteiger charge is -2.31. The van der Waals surface area contributed by atoms with Crippen LogP contribution in [0.4, 0.5) is 0 Å². The Hall–Kier alpha value is -5.75. The van der Waals surface area contributed by atoms with Crippen molar-refractivity contribution in [2.24, 2.45) is 0 Å². The molecule has 9 aromatic carbocycles. The first-order valence-corrected chi connectivity index (χ1v) is 18.1. The maximum absolute atomic E-state index is 10.3. The third kappa shape index (κ3) is 5.10. The number of benzene rings is 9. The maximum Gasteiger partial charge on any atom is 0.146 e. The topological polar surface area (TPSA) is 23.1 Å². The van der Waals surface area contributed by atoms with Gasteiger partial charge in [-0.1, -0.05) is 176 Å². The van der Waals surface area contributed by atoms with E-state index in [-0.39, 0.29) is 5.75 Å². The van der Waals surface area contributed by atoms with Crippen molar-refractivity contribution in [1.29, 1.82) is 0 Å². The second kappa shape index (κ2) is 12.8. The molecule has 0 saturated heterocycles. The summed E-state index contributed by atoms with van der Waals surface area (Å²) in [5.41, 5.74) is 0. The first-order chi connectivity index (χ1) is 23.7. The summed E-state index contributed by atoms with van der Waals surface area (Å²) < 4.78 is 0. The quantitative estimate of drug-likeness (QED) is 0.177. The van der Waals surface area contributed by atoms with Crippen LogP contribution in [0.1, 0.15) is 0 Å². The van der Waals surface area contributed by atoms with E-state index in [0.717, 1.165) is 0 Å². The fourth-order valence-corrected chi connectivity index (χ4v) is 12.3. The van der Waals surface area contributed by atoms with Gasteiger partial charge in [-0.15, -0.1) is 5.75 Å². The van der Waals surface area contributed by atoms with E-state index in [1.54, 1.807) is 12.1 Å². The average Bonchev–Trinajstić information content (AvgIpc) is 3.16. The van der Waals surface area contributed by atoms with E-state index in [2.05, 4.69) is 170 Å². The molecule has 228 valence electrons. The zero-order valence-corrected chi connectivity index (χ0v) is 27.3. The van der Waals surface area contributed by atoms with Crippen LogP contribution in [-0.4, -0.2) is 0 Å². The minimum absolute atomic E-state index is 0.0718. The zero-order chi connectivity index (χ0) is 32.3. The van der Waals surface area contributed by atoms with Gasteiger partial charge in [-0.25, -0.2) is 0 Å². The Morgan fingerprint density at radius 1 is 0.250 bits per heavy atom. The lowest BCUT2D eigenvalue weighted by atomic mass is 10.1. The lowest BCUT2D eigenvalue weighted by molar-refractivity contribution is -0.268. The van der Waals surface area contributed by atoms with Crippen LogP contribution < -0.4 is 26.3 Å². The molecule has 9 aromatic rings. The highest BCUT2D eigenvalue weighted by molar-refractivity contribution is 8.02.